The molecule has 2 atom stereocenters. The summed E-state index contributed by atoms with van der Waals surface area (Å²) in [5.74, 6) is 0.0767. The average molecular weight is 346 g/mol. The predicted octanol–water partition coefficient (Wildman–Crippen LogP) is 4.41. The maximum Gasteiger partial charge on any atom is 0.243 e. The van der Waals surface area contributed by atoms with Gasteiger partial charge in [-0.15, -0.1) is 0 Å². The van der Waals surface area contributed by atoms with E-state index in [-0.39, 0.29) is 18.0 Å². The van der Waals surface area contributed by atoms with Gasteiger partial charge in [0.1, 0.15) is 6.04 Å². The number of hydrogen-bond acceptors (Lipinski definition) is 1. The largest absolute Gasteiger partial charge is 0.351 e. The highest BCUT2D eigenvalue weighted by Gasteiger charge is 2.22. The summed E-state index contributed by atoms with van der Waals surface area (Å²) in [7, 11) is 0. The van der Waals surface area contributed by atoms with Crippen molar-refractivity contribution in [2.45, 2.75) is 38.3 Å². The molecule has 0 aliphatic carbocycles. The molecule has 134 valence electrons. The Morgan fingerprint density at radius 2 is 1.38 bits per heavy atom. The highest BCUT2D eigenvalue weighted by Crippen LogP contribution is 2.16. The lowest BCUT2D eigenvalue weighted by Gasteiger charge is -2.23. The molecule has 0 unspecified atom stereocenters. The first kappa shape index (κ1) is 18.0. The number of amides is 1. The van der Waals surface area contributed by atoms with E-state index in [1.165, 1.54) is 5.56 Å². The Balaban J connectivity index is 1.72. The quantitative estimate of drug-likeness (QED) is 0.644. The molecule has 1 aromatic heterocycles. The second-order valence-corrected chi connectivity index (χ2v) is 6.64. The fourth-order valence-electron chi connectivity index (χ4n) is 3.22. The van der Waals surface area contributed by atoms with Crippen molar-refractivity contribution < 1.29 is 4.79 Å². The highest BCUT2D eigenvalue weighted by molar-refractivity contribution is 5.81. The highest BCUT2D eigenvalue weighted by atomic mass is 16.2. The van der Waals surface area contributed by atoms with Crippen LogP contribution in [0.2, 0.25) is 0 Å². The van der Waals surface area contributed by atoms with Crippen molar-refractivity contribution in [2.24, 2.45) is 0 Å². The number of rotatable bonds is 8. The number of aromatic nitrogens is 1. The van der Waals surface area contributed by atoms with Gasteiger partial charge in [-0.05, 0) is 36.1 Å². The van der Waals surface area contributed by atoms with Crippen LogP contribution in [0.4, 0.5) is 0 Å². The third-order valence-corrected chi connectivity index (χ3v) is 4.73. The zero-order chi connectivity index (χ0) is 18.2. The maximum absolute atomic E-state index is 13.1. The van der Waals surface area contributed by atoms with E-state index in [2.05, 4.69) is 36.5 Å². The van der Waals surface area contributed by atoms with Crippen LogP contribution in [0, 0.1) is 0 Å². The van der Waals surface area contributed by atoms with Gasteiger partial charge < -0.3 is 9.88 Å². The molecule has 0 bridgehead atoms. The summed E-state index contributed by atoms with van der Waals surface area (Å²) in [4.78, 5) is 13.1. The van der Waals surface area contributed by atoms with Crippen LogP contribution in [0.5, 0.6) is 0 Å². The second-order valence-electron chi connectivity index (χ2n) is 6.64. The van der Waals surface area contributed by atoms with E-state index in [9.17, 15) is 4.79 Å². The molecule has 0 spiro atoms. The van der Waals surface area contributed by atoms with Crippen molar-refractivity contribution in [3.63, 3.8) is 0 Å². The smallest absolute Gasteiger partial charge is 0.243 e. The summed E-state index contributed by atoms with van der Waals surface area (Å²) < 4.78 is 2.00. The van der Waals surface area contributed by atoms with E-state index in [4.69, 9.17) is 0 Å². The molecule has 0 aliphatic rings. The zero-order valence-electron chi connectivity index (χ0n) is 15.2. The minimum Gasteiger partial charge on any atom is -0.351 e. The number of nitrogens with zero attached hydrogens (tertiary/aromatic N) is 1. The van der Waals surface area contributed by atoms with Crippen LogP contribution >= 0.6 is 0 Å². The minimum absolute atomic E-state index is 0.0767. The molecule has 3 nitrogen and oxygen atoms in total. The molecule has 0 saturated carbocycles. The SMILES string of the molecule is CC[C@@H](Cc1ccccc1)NC(=O)[C@@H](Cc1ccccc1)n1cccc1. The summed E-state index contributed by atoms with van der Waals surface area (Å²) >= 11 is 0. The number of carbonyl (C=O) groups excluding carboxylic acids is 1. The molecular formula is C23H26N2O. The summed E-state index contributed by atoms with van der Waals surface area (Å²) in [6.45, 7) is 2.12. The van der Waals surface area contributed by atoms with Crippen LogP contribution in [-0.4, -0.2) is 16.5 Å². The van der Waals surface area contributed by atoms with Crippen LogP contribution in [0.25, 0.3) is 0 Å². The number of carbonyl (C=O) groups is 1. The fourth-order valence-corrected chi connectivity index (χ4v) is 3.22. The first-order valence-electron chi connectivity index (χ1n) is 9.27. The van der Waals surface area contributed by atoms with Crippen LogP contribution in [-0.2, 0) is 17.6 Å². The molecule has 1 heterocycles. The van der Waals surface area contributed by atoms with Gasteiger partial charge in [-0.25, -0.2) is 0 Å². The number of hydrogen-bond donors (Lipinski definition) is 1. The normalized spacial score (nSPS) is 13.1. The molecule has 3 aromatic rings. The maximum atomic E-state index is 13.1. The molecule has 2 aromatic carbocycles. The zero-order valence-corrected chi connectivity index (χ0v) is 15.2. The van der Waals surface area contributed by atoms with E-state index in [1.807, 2.05) is 65.5 Å². The second kappa shape index (κ2) is 9.04. The number of benzene rings is 2. The topological polar surface area (TPSA) is 34.0 Å². The van der Waals surface area contributed by atoms with Gasteiger partial charge >= 0.3 is 0 Å². The lowest BCUT2D eigenvalue weighted by molar-refractivity contribution is -0.125. The monoisotopic (exact) mass is 346 g/mol. The Labute approximate surface area is 155 Å². The van der Waals surface area contributed by atoms with Gasteiger partial charge in [0.2, 0.25) is 5.91 Å². The molecule has 26 heavy (non-hydrogen) atoms. The summed E-state index contributed by atoms with van der Waals surface area (Å²) in [5.41, 5.74) is 2.41. The van der Waals surface area contributed by atoms with Crippen molar-refractivity contribution in [2.75, 3.05) is 0 Å². The van der Waals surface area contributed by atoms with Crippen molar-refractivity contribution in [3.8, 4) is 0 Å². The van der Waals surface area contributed by atoms with Gasteiger partial charge in [0, 0.05) is 24.9 Å². The van der Waals surface area contributed by atoms with Crippen LogP contribution < -0.4 is 5.32 Å². The van der Waals surface area contributed by atoms with Crippen LogP contribution in [0.15, 0.2) is 85.2 Å². The lowest BCUT2D eigenvalue weighted by atomic mass is 10.0. The average Bonchev–Trinajstić information content (AvgIpc) is 3.21. The van der Waals surface area contributed by atoms with Gasteiger partial charge in [-0.2, -0.15) is 0 Å². The molecule has 3 rings (SSSR count). The molecule has 1 amide bonds. The van der Waals surface area contributed by atoms with Gasteiger partial charge in [-0.1, -0.05) is 67.6 Å². The Morgan fingerprint density at radius 3 is 1.92 bits per heavy atom. The fraction of sp³-hybridized carbons (Fsp3) is 0.261. The Morgan fingerprint density at radius 1 is 0.846 bits per heavy atom. The standard InChI is InChI=1S/C23H26N2O/c1-2-21(17-19-11-5-3-6-12-19)24-23(26)22(25-15-9-10-16-25)18-20-13-7-4-8-14-20/h3-16,21-22H,2,17-18H2,1H3,(H,24,26)/t21-,22+/m0/s1. The number of nitrogens with one attached hydrogen (secondary N) is 1. The molecule has 3 heteroatoms. The van der Waals surface area contributed by atoms with Crippen molar-refractivity contribution in [1.82, 2.24) is 9.88 Å². The van der Waals surface area contributed by atoms with E-state index in [1.54, 1.807) is 0 Å². The van der Waals surface area contributed by atoms with Gasteiger partial charge in [0.05, 0.1) is 0 Å². The first-order valence-corrected chi connectivity index (χ1v) is 9.27. The third kappa shape index (κ3) is 4.85. The summed E-state index contributed by atoms with van der Waals surface area (Å²) in [5, 5.41) is 3.26. The molecule has 1 N–H and O–H groups in total. The van der Waals surface area contributed by atoms with E-state index in [0.29, 0.717) is 6.42 Å². The molecular weight excluding hydrogens is 320 g/mol. The lowest BCUT2D eigenvalue weighted by Crippen LogP contribution is -2.41. The van der Waals surface area contributed by atoms with Crippen molar-refractivity contribution in [1.29, 1.82) is 0 Å². The molecule has 0 fully saturated rings. The van der Waals surface area contributed by atoms with E-state index in [0.717, 1.165) is 18.4 Å². The van der Waals surface area contributed by atoms with E-state index < -0.39 is 0 Å². The summed E-state index contributed by atoms with van der Waals surface area (Å²) in [6, 6.07) is 24.3. The third-order valence-electron chi connectivity index (χ3n) is 4.73. The minimum atomic E-state index is -0.239. The first-order chi connectivity index (χ1) is 12.8. The molecule has 0 aliphatic heterocycles. The van der Waals surface area contributed by atoms with Gasteiger partial charge in [0.15, 0.2) is 0 Å². The Bertz CT molecular complexity index is 782. The Hall–Kier alpha value is -2.81. The van der Waals surface area contributed by atoms with Crippen molar-refractivity contribution in [3.05, 3.63) is 96.3 Å². The predicted molar refractivity (Wildman–Crippen MR) is 106 cm³/mol. The van der Waals surface area contributed by atoms with Crippen LogP contribution in [0.1, 0.15) is 30.5 Å². The molecule has 0 radical (unpaired) electrons. The summed E-state index contributed by atoms with van der Waals surface area (Å²) in [6.07, 6.45) is 6.37. The molecule has 0 saturated heterocycles. The van der Waals surface area contributed by atoms with E-state index >= 15 is 0 Å². The van der Waals surface area contributed by atoms with Crippen LogP contribution in [0.3, 0.4) is 0 Å². The Kier molecular flexibility index (Phi) is 6.26. The van der Waals surface area contributed by atoms with Crippen molar-refractivity contribution >= 4 is 5.91 Å². The van der Waals surface area contributed by atoms with Gasteiger partial charge in [0.25, 0.3) is 0 Å². The van der Waals surface area contributed by atoms with Gasteiger partial charge in [-0.3, -0.25) is 4.79 Å².